The predicted molar refractivity (Wildman–Crippen MR) is 154 cm³/mol. The number of benzene rings is 2. The number of hydrogen-bond donors (Lipinski definition) is 3. The highest BCUT2D eigenvalue weighted by Gasteiger charge is 2.37. The predicted octanol–water partition coefficient (Wildman–Crippen LogP) is 6.60. The first kappa shape index (κ1) is 30.0. The number of carbonyl (C=O) groups excluding carboxylic acids is 1. The van der Waals surface area contributed by atoms with E-state index in [0.717, 1.165) is 36.8 Å². The van der Waals surface area contributed by atoms with Crippen LogP contribution in [0.3, 0.4) is 0 Å². The number of nitrogens with one attached hydrogen (secondary N) is 2. The highest BCUT2D eigenvalue weighted by molar-refractivity contribution is 7.37. The van der Waals surface area contributed by atoms with E-state index in [1.807, 2.05) is 13.0 Å². The minimum absolute atomic E-state index is 0.0291. The van der Waals surface area contributed by atoms with E-state index in [-0.39, 0.29) is 35.7 Å². The number of ether oxygens (including phenoxy) is 1. The van der Waals surface area contributed by atoms with Gasteiger partial charge in [-0.1, -0.05) is 18.2 Å². The summed E-state index contributed by atoms with van der Waals surface area (Å²) < 4.78 is 58.9. The van der Waals surface area contributed by atoms with Crippen LogP contribution in [-0.4, -0.2) is 45.4 Å². The Hall–Kier alpha value is -3.47. The molecule has 1 saturated carbocycles. The molecule has 5 rings (SSSR count). The Balaban J connectivity index is 1.45. The lowest BCUT2D eigenvalue weighted by Gasteiger charge is -2.30. The summed E-state index contributed by atoms with van der Waals surface area (Å²) in [5, 5.41) is 5.68. The molecule has 1 unspecified atom stereocenters. The Labute approximate surface area is 242 Å². The van der Waals surface area contributed by atoms with E-state index in [1.54, 1.807) is 42.3 Å². The average Bonchev–Trinajstić information content (AvgIpc) is 3.24. The highest BCUT2D eigenvalue weighted by atomic mass is 31.1. The molecule has 1 amide bonds. The molecule has 2 heterocycles. The summed E-state index contributed by atoms with van der Waals surface area (Å²) >= 11 is 0. The second-order valence-electron chi connectivity index (χ2n) is 10.6. The van der Waals surface area contributed by atoms with E-state index in [9.17, 15) is 22.5 Å². The van der Waals surface area contributed by atoms with Gasteiger partial charge in [-0.15, -0.1) is 0 Å². The zero-order chi connectivity index (χ0) is 30.0. The van der Waals surface area contributed by atoms with Crippen LogP contribution in [0.4, 0.5) is 36.3 Å². The third-order valence-electron chi connectivity index (χ3n) is 7.73. The molecule has 0 radical (unpaired) electrons. The molecule has 1 aliphatic heterocycles. The Bertz CT molecular complexity index is 1480. The van der Waals surface area contributed by atoms with Crippen molar-refractivity contribution in [3.05, 3.63) is 70.4 Å². The maximum Gasteiger partial charge on any atom is 0.421 e. The summed E-state index contributed by atoms with van der Waals surface area (Å²) in [6.45, 7) is 3.04. The van der Waals surface area contributed by atoms with Crippen molar-refractivity contribution in [2.24, 2.45) is 0 Å². The molecular weight excluding hydrogens is 570 g/mol. The summed E-state index contributed by atoms with van der Waals surface area (Å²) in [5.41, 5.74) is 2.58. The van der Waals surface area contributed by atoms with Crippen molar-refractivity contribution >= 4 is 37.1 Å². The maximum atomic E-state index is 14.0. The number of nitrogens with zero attached hydrogens (tertiary/aromatic N) is 3. The summed E-state index contributed by atoms with van der Waals surface area (Å²) in [6.07, 6.45) is -0.101. The summed E-state index contributed by atoms with van der Waals surface area (Å²) in [5.74, 6) is -0.583. The minimum atomic E-state index is -4.74. The third-order valence-corrected chi connectivity index (χ3v) is 8.44. The number of rotatable bonds is 9. The fourth-order valence-corrected chi connectivity index (χ4v) is 6.31. The van der Waals surface area contributed by atoms with Crippen molar-refractivity contribution < 1.29 is 32.2 Å². The lowest BCUT2D eigenvalue weighted by atomic mass is 9.80. The van der Waals surface area contributed by atoms with Gasteiger partial charge in [0.2, 0.25) is 5.95 Å². The van der Waals surface area contributed by atoms with Crippen molar-refractivity contribution in [1.29, 1.82) is 0 Å². The smallest absolute Gasteiger partial charge is 0.379 e. The normalized spacial score (nSPS) is 19.5. The molecule has 0 spiro atoms. The van der Waals surface area contributed by atoms with Crippen molar-refractivity contribution in [2.45, 2.75) is 63.5 Å². The molecule has 1 aliphatic carbocycles. The number of aromatic nitrogens is 2. The van der Waals surface area contributed by atoms with Gasteiger partial charge in [-0.3, -0.25) is 9.36 Å². The SMILES string of the molecule is CCO[C@H]1CC[C@H](c2ccc(Nc3nc(Nc4ccc(C[PH](=O)O)cc4)ncc3C(F)(F)F)c3c2CN(C)C3=O)CC1. The maximum absolute atomic E-state index is 14.0. The van der Waals surface area contributed by atoms with E-state index in [1.165, 1.54) is 0 Å². The monoisotopic (exact) mass is 603 g/mol. The van der Waals surface area contributed by atoms with Crippen molar-refractivity contribution in [3.8, 4) is 0 Å². The van der Waals surface area contributed by atoms with E-state index < -0.39 is 25.6 Å². The van der Waals surface area contributed by atoms with Gasteiger partial charge in [-0.2, -0.15) is 18.2 Å². The Morgan fingerprint density at radius 1 is 1.10 bits per heavy atom. The number of fused-ring (bicyclic) bond motifs is 1. The number of halogens is 3. The average molecular weight is 604 g/mol. The van der Waals surface area contributed by atoms with Crippen LogP contribution in [0.1, 0.15) is 71.1 Å². The van der Waals surface area contributed by atoms with Crippen LogP contribution in [0, 0.1) is 0 Å². The summed E-state index contributed by atoms with van der Waals surface area (Å²) in [4.78, 5) is 31.9. The topological polar surface area (TPSA) is 117 Å². The van der Waals surface area contributed by atoms with E-state index in [4.69, 9.17) is 9.63 Å². The molecule has 3 N–H and O–H groups in total. The van der Waals surface area contributed by atoms with E-state index >= 15 is 0 Å². The largest absolute Gasteiger partial charge is 0.421 e. The van der Waals surface area contributed by atoms with Crippen molar-refractivity contribution in [3.63, 3.8) is 0 Å². The van der Waals surface area contributed by atoms with Gasteiger partial charge in [0.15, 0.2) is 8.03 Å². The molecule has 0 bridgehead atoms. The van der Waals surface area contributed by atoms with Crippen LogP contribution in [-0.2, 0) is 28.2 Å². The molecule has 9 nitrogen and oxygen atoms in total. The molecule has 1 fully saturated rings. The zero-order valence-electron chi connectivity index (χ0n) is 23.3. The van der Waals surface area contributed by atoms with Crippen LogP contribution in [0.5, 0.6) is 0 Å². The molecule has 2 aliphatic rings. The van der Waals surface area contributed by atoms with Crippen LogP contribution in [0.15, 0.2) is 42.6 Å². The second-order valence-corrected chi connectivity index (χ2v) is 11.8. The number of anilines is 4. The highest BCUT2D eigenvalue weighted by Crippen LogP contribution is 2.42. The van der Waals surface area contributed by atoms with Crippen LogP contribution in [0.25, 0.3) is 0 Å². The van der Waals surface area contributed by atoms with E-state index in [0.29, 0.717) is 36.2 Å². The quantitative estimate of drug-likeness (QED) is 0.235. The Morgan fingerprint density at radius 3 is 2.45 bits per heavy atom. The van der Waals surface area contributed by atoms with Gasteiger partial charge in [0.1, 0.15) is 11.4 Å². The van der Waals surface area contributed by atoms with Gasteiger partial charge < -0.3 is 25.2 Å². The first-order valence-corrected chi connectivity index (χ1v) is 15.4. The molecule has 1 aromatic heterocycles. The number of alkyl halides is 3. The van der Waals surface area contributed by atoms with Gasteiger partial charge in [0, 0.05) is 38.2 Å². The third kappa shape index (κ3) is 6.61. The van der Waals surface area contributed by atoms with Gasteiger partial charge >= 0.3 is 6.18 Å². The van der Waals surface area contributed by atoms with Crippen LogP contribution >= 0.6 is 8.03 Å². The van der Waals surface area contributed by atoms with Gasteiger partial charge in [-0.05, 0) is 73.4 Å². The number of hydrogen-bond acceptors (Lipinski definition) is 7. The molecule has 42 heavy (non-hydrogen) atoms. The molecule has 3 aromatic rings. The molecular formula is C29H33F3N5O4P. The number of amides is 1. The van der Waals surface area contributed by atoms with Crippen molar-refractivity contribution in [2.75, 3.05) is 24.3 Å². The standard InChI is InChI=1S/C29H33F3N5O4P/c1-3-41-20-10-6-18(7-11-20)21-12-13-24(25-22(21)15-37(2)27(25)38)35-26-23(29(30,31)32)14-33-28(36-26)34-19-8-4-17(5-9-19)16-42(39)40/h4-5,8-9,12-14,18,20,42H,3,6-7,10-11,15-16H2,1-2H3,(H,39,40)(H2,33,34,35,36)/t18-,20-. The van der Waals surface area contributed by atoms with E-state index in [2.05, 4.69) is 20.6 Å². The fraction of sp³-hybridized carbons (Fsp3) is 0.414. The minimum Gasteiger partial charge on any atom is -0.379 e. The molecule has 224 valence electrons. The first-order chi connectivity index (χ1) is 20.0. The molecule has 13 heteroatoms. The molecule has 0 saturated heterocycles. The van der Waals surface area contributed by atoms with Gasteiger partial charge in [0.05, 0.1) is 17.4 Å². The Kier molecular flexibility index (Phi) is 8.86. The molecule has 1 atom stereocenters. The molecule has 2 aromatic carbocycles. The summed E-state index contributed by atoms with van der Waals surface area (Å²) in [7, 11) is -0.998. The zero-order valence-corrected chi connectivity index (χ0v) is 24.3. The second kappa shape index (κ2) is 12.4. The van der Waals surface area contributed by atoms with Crippen LogP contribution < -0.4 is 10.6 Å². The number of carbonyl (C=O) groups is 1. The lowest BCUT2D eigenvalue weighted by Crippen LogP contribution is -2.21. The summed E-state index contributed by atoms with van der Waals surface area (Å²) in [6, 6.07) is 10.1. The van der Waals surface area contributed by atoms with Gasteiger partial charge in [0.25, 0.3) is 5.91 Å². The van der Waals surface area contributed by atoms with Crippen molar-refractivity contribution in [1.82, 2.24) is 14.9 Å². The first-order valence-electron chi connectivity index (χ1n) is 13.8. The Morgan fingerprint density at radius 2 is 1.81 bits per heavy atom. The lowest BCUT2D eigenvalue weighted by molar-refractivity contribution is -0.137. The fourth-order valence-electron chi connectivity index (χ4n) is 5.72. The van der Waals surface area contributed by atoms with Crippen LogP contribution in [0.2, 0.25) is 0 Å². The van der Waals surface area contributed by atoms with Gasteiger partial charge in [-0.25, -0.2) is 4.98 Å².